The molecule has 0 saturated heterocycles. The van der Waals surface area contributed by atoms with E-state index in [-0.39, 0.29) is 29.6 Å². The molecule has 0 aliphatic heterocycles. The predicted octanol–water partition coefficient (Wildman–Crippen LogP) is 5.71. The molecular weight excluding hydrogens is 537 g/mol. The van der Waals surface area contributed by atoms with Crippen LogP contribution in [0.25, 0.3) is 0 Å². The summed E-state index contributed by atoms with van der Waals surface area (Å²) in [5.41, 5.74) is 1.05. The maximum atomic E-state index is 12.7. The van der Waals surface area contributed by atoms with Crippen LogP contribution in [0.4, 0.5) is 10.3 Å². The highest BCUT2D eigenvalue weighted by molar-refractivity contribution is 7.99. The number of hydrogen-bond donors (Lipinski definition) is 2. The lowest BCUT2D eigenvalue weighted by atomic mass is 9.80. The third-order valence-electron chi connectivity index (χ3n) is 6.69. The lowest BCUT2D eigenvalue weighted by Gasteiger charge is -2.25. The predicted molar refractivity (Wildman–Crippen MR) is 158 cm³/mol. The SMILES string of the molecule is CC(C(=O)Nc1nnc(CCSCCc2nnc(NC(=O)C(C)C3C=CC=CC3C)s2)s1)C1=CCCC=C1. The van der Waals surface area contributed by atoms with Crippen LogP contribution in [0, 0.1) is 23.7 Å². The smallest absolute Gasteiger partial charge is 0.233 e. The zero-order valence-corrected chi connectivity index (χ0v) is 24.4. The maximum Gasteiger partial charge on any atom is 0.233 e. The molecule has 2 amide bonds. The summed E-state index contributed by atoms with van der Waals surface area (Å²) in [4.78, 5) is 25.2. The molecule has 4 unspecified atom stereocenters. The highest BCUT2D eigenvalue weighted by Crippen LogP contribution is 2.28. The van der Waals surface area contributed by atoms with Gasteiger partial charge in [-0.2, -0.15) is 11.8 Å². The van der Waals surface area contributed by atoms with Crippen molar-refractivity contribution in [2.45, 2.75) is 46.5 Å². The van der Waals surface area contributed by atoms with Crippen molar-refractivity contribution in [3.63, 3.8) is 0 Å². The Kier molecular flexibility index (Phi) is 10.4. The molecule has 0 radical (unpaired) electrons. The number of rotatable bonds is 12. The molecule has 2 N–H and O–H groups in total. The Morgan fingerprint density at radius 2 is 1.58 bits per heavy atom. The molecule has 0 aromatic carbocycles. The van der Waals surface area contributed by atoms with Gasteiger partial charge in [0, 0.05) is 18.8 Å². The summed E-state index contributed by atoms with van der Waals surface area (Å²) < 4.78 is 0. The standard InChI is InChI=1S/C27H34N6O2S3/c1-17-9-7-8-12-21(17)19(3)25(35)29-27-33-31-23(38-27)14-16-36-15-13-22-30-32-26(37-22)28-24(34)18(2)20-10-5-4-6-11-20/h5,7-12,17-19,21H,4,6,13-16H2,1-3H3,(H,28,32,34)(H,29,33,35). The minimum Gasteiger partial charge on any atom is -0.300 e. The first-order chi connectivity index (χ1) is 18.4. The number of aryl methyl sites for hydroxylation is 2. The molecule has 0 saturated carbocycles. The fraction of sp³-hybridized carbons (Fsp3) is 0.481. The second kappa shape index (κ2) is 14.0. The Labute approximate surface area is 236 Å². The van der Waals surface area contributed by atoms with Gasteiger partial charge in [-0.05, 0) is 48.7 Å². The van der Waals surface area contributed by atoms with Crippen molar-refractivity contribution in [1.29, 1.82) is 0 Å². The number of amides is 2. The number of allylic oxidation sites excluding steroid dienone is 7. The number of hydrogen-bond acceptors (Lipinski definition) is 9. The Hall–Kier alpha value is -2.63. The third kappa shape index (κ3) is 7.94. The minimum absolute atomic E-state index is 0.0242. The van der Waals surface area contributed by atoms with Gasteiger partial charge in [0.1, 0.15) is 10.0 Å². The van der Waals surface area contributed by atoms with Crippen molar-refractivity contribution in [1.82, 2.24) is 20.4 Å². The van der Waals surface area contributed by atoms with Crippen LogP contribution in [-0.2, 0) is 22.4 Å². The van der Waals surface area contributed by atoms with Crippen LogP contribution in [0.5, 0.6) is 0 Å². The largest absolute Gasteiger partial charge is 0.300 e. The second-order valence-electron chi connectivity index (χ2n) is 9.49. The summed E-state index contributed by atoms with van der Waals surface area (Å²) in [5, 5.41) is 25.5. The number of carbonyl (C=O) groups excluding carboxylic acids is 2. The van der Waals surface area contributed by atoms with Crippen molar-refractivity contribution >= 4 is 56.5 Å². The highest BCUT2D eigenvalue weighted by Gasteiger charge is 2.27. The number of carbonyl (C=O) groups is 2. The fourth-order valence-electron chi connectivity index (χ4n) is 4.30. The normalized spacial score (nSPS) is 20.1. The van der Waals surface area contributed by atoms with E-state index in [1.54, 1.807) is 0 Å². The minimum atomic E-state index is -0.206. The van der Waals surface area contributed by atoms with Gasteiger partial charge in [-0.25, -0.2) is 0 Å². The van der Waals surface area contributed by atoms with E-state index in [0.29, 0.717) is 16.2 Å². The zero-order valence-electron chi connectivity index (χ0n) is 21.9. The monoisotopic (exact) mass is 570 g/mol. The molecule has 38 heavy (non-hydrogen) atoms. The Morgan fingerprint density at radius 1 is 0.947 bits per heavy atom. The molecule has 2 aliphatic rings. The Bertz CT molecular complexity index is 1230. The summed E-state index contributed by atoms with van der Waals surface area (Å²) in [5.74, 6) is 1.89. The van der Waals surface area contributed by atoms with Gasteiger partial charge >= 0.3 is 0 Å². The van der Waals surface area contributed by atoms with Gasteiger partial charge in [0.2, 0.25) is 22.1 Å². The molecule has 0 bridgehead atoms. The molecule has 4 atom stereocenters. The quantitative estimate of drug-likeness (QED) is 0.315. The molecule has 0 fully saturated rings. The van der Waals surface area contributed by atoms with Crippen LogP contribution in [-0.4, -0.2) is 43.7 Å². The molecule has 2 heterocycles. The van der Waals surface area contributed by atoms with Gasteiger partial charge in [0.25, 0.3) is 0 Å². The molecule has 0 spiro atoms. The van der Waals surface area contributed by atoms with Gasteiger partial charge in [-0.3, -0.25) is 9.59 Å². The molecule has 11 heteroatoms. The van der Waals surface area contributed by atoms with E-state index in [4.69, 9.17) is 0 Å². The zero-order chi connectivity index (χ0) is 26.9. The summed E-state index contributed by atoms with van der Waals surface area (Å²) >= 11 is 4.67. The first kappa shape index (κ1) is 28.4. The molecule has 202 valence electrons. The van der Waals surface area contributed by atoms with Crippen LogP contribution >= 0.6 is 34.4 Å². The fourth-order valence-corrected chi connectivity index (χ4v) is 6.92. The maximum absolute atomic E-state index is 12.7. The number of thioether (sulfide) groups is 1. The van der Waals surface area contributed by atoms with Gasteiger partial charge in [0.15, 0.2) is 0 Å². The van der Waals surface area contributed by atoms with Gasteiger partial charge in [0.05, 0.1) is 5.92 Å². The van der Waals surface area contributed by atoms with Crippen LogP contribution in [0.1, 0.15) is 43.6 Å². The number of anilines is 2. The van der Waals surface area contributed by atoms with Crippen LogP contribution in [0.2, 0.25) is 0 Å². The molecule has 2 aliphatic carbocycles. The first-order valence-electron chi connectivity index (χ1n) is 13.0. The molecular formula is C27H34N6O2S3. The Balaban J connectivity index is 1.13. The van der Waals surface area contributed by atoms with E-state index < -0.39 is 0 Å². The van der Waals surface area contributed by atoms with Gasteiger partial charge in [-0.1, -0.05) is 79.1 Å². The topological polar surface area (TPSA) is 110 Å². The van der Waals surface area contributed by atoms with Crippen LogP contribution in [0.3, 0.4) is 0 Å². The summed E-state index contributed by atoms with van der Waals surface area (Å²) in [6.07, 6.45) is 18.1. The molecule has 4 rings (SSSR count). The lowest BCUT2D eigenvalue weighted by Crippen LogP contribution is -2.29. The van der Waals surface area contributed by atoms with E-state index in [1.165, 1.54) is 22.7 Å². The number of aromatic nitrogens is 4. The third-order valence-corrected chi connectivity index (χ3v) is 9.47. The first-order valence-corrected chi connectivity index (χ1v) is 15.7. The van der Waals surface area contributed by atoms with E-state index in [2.05, 4.69) is 62.3 Å². The van der Waals surface area contributed by atoms with Crippen molar-refractivity contribution in [3.8, 4) is 0 Å². The van der Waals surface area contributed by atoms with Crippen molar-refractivity contribution in [2.75, 3.05) is 22.1 Å². The molecule has 2 aromatic rings. The number of nitrogens with zero attached hydrogens (tertiary/aromatic N) is 4. The van der Waals surface area contributed by atoms with Crippen molar-refractivity contribution in [2.24, 2.45) is 23.7 Å². The molecule has 2 aromatic heterocycles. The van der Waals surface area contributed by atoms with Crippen LogP contribution < -0.4 is 10.6 Å². The highest BCUT2D eigenvalue weighted by atomic mass is 32.2. The second-order valence-corrected chi connectivity index (χ2v) is 12.8. The van der Waals surface area contributed by atoms with E-state index in [9.17, 15) is 9.59 Å². The lowest BCUT2D eigenvalue weighted by molar-refractivity contribution is -0.121. The number of nitrogens with one attached hydrogen (secondary N) is 2. The average Bonchev–Trinajstić information content (AvgIpc) is 3.57. The van der Waals surface area contributed by atoms with Crippen molar-refractivity contribution in [3.05, 3.63) is 58.1 Å². The van der Waals surface area contributed by atoms with Gasteiger partial charge in [-0.15, -0.1) is 20.4 Å². The average molecular weight is 571 g/mol. The molecule has 8 nitrogen and oxygen atoms in total. The van der Waals surface area contributed by atoms with E-state index in [1.807, 2.05) is 43.8 Å². The van der Waals surface area contributed by atoms with E-state index in [0.717, 1.165) is 52.8 Å². The summed E-state index contributed by atoms with van der Waals surface area (Å²) in [6.45, 7) is 6.01. The summed E-state index contributed by atoms with van der Waals surface area (Å²) in [7, 11) is 0. The van der Waals surface area contributed by atoms with Crippen molar-refractivity contribution < 1.29 is 9.59 Å². The Morgan fingerprint density at radius 3 is 2.18 bits per heavy atom. The van der Waals surface area contributed by atoms with Crippen LogP contribution in [0.15, 0.2) is 48.1 Å². The van der Waals surface area contributed by atoms with E-state index >= 15 is 0 Å². The van der Waals surface area contributed by atoms with Gasteiger partial charge < -0.3 is 10.6 Å². The summed E-state index contributed by atoms with van der Waals surface area (Å²) in [6, 6.07) is 0.